The van der Waals surface area contributed by atoms with Gasteiger partial charge in [-0.25, -0.2) is 0 Å². The summed E-state index contributed by atoms with van der Waals surface area (Å²) in [7, 11) is 0. The number of carboxylic acids is 1. The van der Waals surface area contributed by atoms with Crippen LogP contribution in [0.3, 0.4) is 0 Å². The molecule has 3 N–H and O–H groups in total. The molecule has 19 heavy (non-hydrogen) atoms. The van der Waals surface area contributed by atoms with Gasteiger partial charge in [0.05, 0.1) is 18.5 Å². The average Bonchev–Trinajstić information content (AvgIpc) is 2.20. The van der Waals surface area contributed by atoms with Crippen LogP contribution in [0.1, 0.15) is 46.5 Å². The van der Waals surface area contributed by atoms with Gasteiger partial charge in [-0.2, -0.15) is 0 Å². The monoisotopic (exact) mass is 270 g/mol. The van der Waals surface area contributed by atoms with Crippen LogP contribution in [0.2, 0.25) is 0 Å². The molecule has 0 aromatic heterocycles. The van der Waals surface area contributed by atoms with Crippen LogP contribution in [0, 0.1) is 5.41 Å². The number of rotatable bonds is 5. The van der Waals surface area contributed by atoms with E-state index in [9.17, 15) is 14.4 Å². The molecule has 1 rings (SSSR count). The molecule has 0 aromatic carbocycles. The fraction of sp³-hybridized carbons (Fsp3) is 0.769. The zero-order valence-electron chi connectivity index (χ0n) is 11.7. The highest BCUT2D eigenvalue weighted by atomic mass is 16.4. The maximum absolute atomic E-state index is 11.7. The van der Waals surface area contributed by atoms with Crippen LogP contribution in [0.5, 0.6) is 0 Å². The number of aliphatic carboxylic acids is 1. The first-order valence-electron chi connectivity index (χ1n) is 6.46. The van der Waals surface area contributed by atoms with Gasteiger partial charge in [0.25, 0.3) is 0 Å². The first-order chi connectivity index (χ1) is 8.65. The zero-order valence-corrected chi connectivity index (χ0v) is 11.7. The zero-order chi connectivity index (χ0) is 14.7. The first-order valence-corrected chi connectivity index (χ1v) is 6.46. The van der Waals surface area contributed by atoms with E-state index < -0.39 is 16.9 Å². The number of hydrogen-bond acceptors (Lipinski definition) is 3. The molecule has 0 spiro atoms. The van der Waals surface area contributed by atoms with Gasteiger partial charge in [0.15, 0.2) is 0 Å². The highest BCUT2D eigenvalue weighted by Gasteiger charge is 2.40. The van der Waals surface area contributed by atoms with Crippen molar-refractivity contribution in [1.29, 1.82) is 0 Å². The van der Waals surface area contributed by atoms with Gasteiger partial charge < -0.3 is 15.7 Å². The van der Waals surface area contributed by atoms with Gasteiger partial charge in [0, 0.05) is 5.41 Å². The second kappa shape index (κ2) is 5.59. The topological polar surface area (TPSA) is 95.5 Å². The van der Waals surface area contributed by atoms with E-state index in [1.807, 2.05) is 0 Å². The second-order valence-electron chi connectivity index (χ2n) is 6.19. The predicted molar refractivity (Wildman–Crippen MR) is 69.4 cm³/mol. The lowest BCUT2D eigenvalue weighted by Crippen LogP contribution is -2.57. The van der Waals surface area contributed by atoms with Crippen LogP contribution in [0.4, 0.5) is 0 Å². The Morgan fingerprint density at radius 1 is 1.21 bits per heavy atom. The molecule has 0 atom stereocenters. The smallest absolute Gasteiger partial charge is 0.305 e. The third-order valence-electron chi connectivity index (χ3n) is 3.30. The van der Waals surface area contributed by atoms with Crippen LogP contribution in [-0.2, 0) is 14.4 Å². The molecule has 0 bridgehead atoms. The number of carbonyl (C=O) groups excluding carboxylic acids is 2. The largest absolute Gasteiger partial charge is 0.481 e. The van der Waals surface area contributed by atoms with Crippen LogP contribution >= 0.6 is 0 Å². The molecule has 0 unspecified atom stereocenters. The SMILES string of the molecule is CC(C)(C)C(=O)NCC(=O)NC1(CC(=O)O)CCC1. The van der Waals surface area contributed by atoms with E-state index in [-0.39, 0.29) is 24.8 Å². The van der Waals surface area contributed by atoms with E-state index in [2.05, 4.69) is 10.6 Å². The van der Waals surface area contributed by atoms with Crippen LogP contribution < -0.4 is 10.6 Å². The molecule has 1 fully saturated rings. The molecule has 0 aliphatic heterocycles. The summed E-state index contributed by atoms with van der Waals surface area (Å²) in [5.41, 5.74) is -1.16. The Kier molecular flexibility index (Phi) is 4.55. The molecule has 6 heteroatoms. The quantitative estimate of drug-likeness (QED) is 0.684. The Hall–Kier alpha value is -1.59. The van der Waals surface area contributed by atoms with Crippen LogP contribution in [0.25, 0.3) is 0 Å². The van der Waals surface area contributed by atoms with E-state index in [4.69, 9.17) is 5.11 Å². The summed E-state index contributed by atoms with van der Waals surface area (Å²) in [6, 6.07) is 0. The van der Waals surface area contributed by atoms with Crippen molar-refractivity contribution in [2.24, 2.45) is 5.41 Å². The Balaban J connectivity index is 2.42. The minimum absolute atomic E-state index is 0.0635. The minimum Gasteiger partial charge on any atom is -0.481 e. The van der Waals surface area contributed by atoms with E-state index in [1.165, 1.54) is 0 Å². The van der Waals surface area contributed by atoms with Crippen molar-refractivity contribution < 1.29 is 19.5 Å². The summed E-state index contributed by atoms with van der Waals surface area (Å²) < 4.78 is 0. The number of hydrogen-bond donors (Lipinski definition) is 3. The van der Waals surface area contributed by atoms with Gasteiger partial charge in [0.2, 0.25) is 11.8 Å². The second-order valence-corrected chi connectivity index (χ2v) is 6.19. The first kappa shape index (κ1) is 15.5. The average molecular weight is 270 g/mol. The summed E-state index contributed by atoms with van der Waals surface area (Å²) in [5, 5.41) is 14.1. The van der Waals surface area contributed by atoms with Crippen LogP contribution in [-0.4, -0.2) is 35.0 Å². The van der Waals surface area contributed by atoms with Crippen molar-refractivity contribution in [3.8, 4) is 0 Å². The summed E-state index contributed by atoms with van der Waals surface area (Å²) >= 11 is 0. The molecule has 1 aliphatic rings. The highest BCUT2D eigenvalue weighted by molar-refractivity contribution is 5.87. The van der Waals surface area contributed by atoms with Crippen molar-refractivity contribution in [1.82, 2.24) is 10.6 Å². The molecular weight excluding hydrogens is 248 g/mol. The lowest BCUT2D eigenvalue weighted by atomic mass is 9.74. The lowest BCUT2D eigenvalue weighted by molar-refractivity contribution is -0.140. The Labute approximate surface area is 112 Å². The van der Waals surface area contributed by atoms with E-state index in [1.54, 1.807) is 20.8 Å². The number of carboxylic acid groups (broad SMARTS) is 1. The van der Waals surface area contributed by atoms with Crippen LogP contribution in [0.15, 0.2) is 0 Å². The van der Waals surface area contributed by atoms with Gasteiger partial charge in [-0.05, 0) is 19.3 Å². The van der Waals surface area contributed by atoms with Gasteiger partial charge in [-0.3, -0.25) is 14.4 Å². The van der Waals surface area contributed by atoms with Gasteiger partial charge >= 0.3 is 5.97 Å². The molecule has 0 aromatic rings. The fourth-order valence-electron chi connectivity index (χ4n) is 2.00. The van der Waals surface area contributed by atoms with Gasteiger partial charge in [-0.1, -0.05) is 20.8 Å². The van der Waals surface area contributed by atoms with E-state index in [0.29, 0.717) is 12.8 Å². The van der Waals surface area contributed by atoms with Crippen molar-refractivity contribution in [3.05, 3.63) is 0 Å². The Bertz CT molecular complexity index is 381. The van der Waals surface area contributed by atoms with E-state index in [0.717, 1.165) is 6.42 Å². The standard InChI is InChI=1S/C13H22N2O4/c1-12(2,3)11(19)14-8-9(16)15-13(5-4-6-13)7-10(17)18/h4-8H2,1-3H3,(H,14,19)(H,15,16)(H,17,18). The number of amides is 2. The third-order valence-corrected chi connectivity index (χ3v) is 3.30. The highest BCUT2D eigenvalue weighted by Crippen LogP contribution is 2.34. The lowest BCUT2D eigenvalue weighted by Gasteiger charge is -2.41. The van der Waals surface area contributed by atoms with Crippen molar-refractivity contribution in [2.45, 2.75) is 52.0 Å². The molecule has 2 amide bonds. The minimum atomic E-state index is -0.918. The third kappa shape index (κ3) is 4.54. The predicted octanol–water partition coefficient (Wildman–Crippen LogP) is 0.662. The molecule has 6 nitrogen and oxygen atoms in total. The molecule has 1 aliphatic carbocycles. The summed E-state index contributed by atoms with van der Waals surface area (Å²) in [6.07, 6.45) is 2.21. The van der Waals surface area contributed by atoms with Crippen molar-refractivity contribution >= 4 is 17.8 Å². The molecule has 0 heterocycles. The molecule has 0 saturated heterocycles. The van der Waals surface area contributed by atoms with Gasteiger partial charge in [-0.15, -0.1) is 0 Å². The summed E-state index contributed by atoms with van der Waals surface area (Å²) in [5.74, 6) is -1.46. The van der Waals surface area contributed by atoms with Gasteiger partial charge in [0.1, 0.15) is 0 Å². The fourth-order valence-corrected chi connectivity index (χ4v) is 2.00. The molecule has 108 valence electrons. The Morgan fingerprint density at radius 2 is 1.79 bits per heavy atom. The number of nitrogens with one attached hydrogen (secondary N) is 2. The number of carbonyl (C=O) groups is 3. The van der Waals surface area contributed by atoms with E-state index >= 15 is 0 Å². The normalized spacial score (nSPS) is 17.2. The molecular formula is C13H22N2O4. The summed E-state index contributed by atoms with van der Waals surface area (Å²) in [6.45, 7) is 5.17. The maximum atomic E-state index is 11.7. The maximum Gasteiger partial charge on any atom is 0.305 e. The summed E-state index contributed by atoms with van der Waals surface area (Å²) in [4.78, 5) is 34.1. The molecule has 0 radical (unpaired) electrons. The Morgan fingerprint density at radius 3 is 2.16 bits per heavy atom. The van der Waals surface area contributed by atoms with Crippen molar-refractivity contribution in [3.63, 3.8) is 0 Å². The van der Waals surface area contributed by atoms with Crippen molar-refractivity contribution in [2.75, 3.05) is 6.54 Å². The molecule has 1 saturated carbocycles.